The molecule has 2 aromatic carbocycles. The van der Waals surface area contributed by atoms with Crippen LogP contribution in [-0.4, -0.2) is 28.8 Å². The minimum Gasteiger partial charge on any atom is -0.469 e. The van der Waals surface area contributed by atoms with Crippen LogP contribution in [0.3, 0.4) is 0 Å². The third-order valence-corrected chi connectivity index (χ3v) is 4.30. The van der Waals surface area contributed by atoms with Crippen molar-refractivity contribution in [3.8, 4) is 5.75 Å². The maximum absolute atomic E-state index is 13.0. The summed E-state index contributed by atoms with van der Waals surface area (Å²) in [7, 11) is 0. The molecule has 0 spiro atoms. The Kier molecular flexibility index (Phi) is 5.28. The van der Waals surface area contributed by atoms with E-state index in [9.17, 15) is 14.9 Å². The zero-order valence-electron chi connectivity index (χ0n) is 13.8. The largest absolute Gasteiger partial charge is 0.469 e. The Morgan fingerprint density at radius 2 is 1.64 bits per heavy atom. The van der Waals surface area contributed by atoms with Crippen LogP contribution in [-0.2, 0) is 4.79 Å². The van der Waals surface area contributed by atoms with Gasteiger partial charge < -0.3 is 9.64 Å². The number of carbonyl (C=O) groups excluding carboxylic acids is 1. The Morgan fingerprint density at radius 3 is 2.32 bits per heavy atom. The van der Waals surface area contributed by atoms with E-state index in [0.29, 0.717) is 18.7 Å². The van der Waals surface area contributed by atoms with Crippen LogP contribution in [0.25, 0.3) is 0 Å². The van der Waals surface area contributed by atoms with E-state index < -0.39 is 11.0 Å². The predicted octanol–water partition coefficient (Wildman–Crippen LogP) is 3.73. The quantitative estimate of drug-likeness (QED) is 0.614. The lowest BCUT2D eigenvalue weighted by molar-refractivity contribution is -0.386. The molecule has 0 aliphatic carbocycles. The molecule has 25 heavy (non-hydrogen) atoms. The monoisotopic (exact) mass is 340 g/mol. The van der Waals surface area contributed by atoms with Gasteiger partial charge in [0.05, 0.1) is 4.92 Å². The van der Waals surface area contributed by atoms with Crippen LogP contribution >= 0.6 is 0 Å². The number of likely N-dealkylation sites (tertiary alicyclic amines) is 1. The van der Waals surface area contributed by atoms with Crippen molar-refractivity contribution in [2.45, 2.75) is 25.4 Å². The fraction of sp³-hybridized carbons (Fsp3) is 0.316. The van der Waals surface area contributed by atoms with Gasteiger partial charge in [-0.15, -0.1) is 0 Å². The highest BCUT2D eigenvalue weighted by molar-refractivity contribution is 5.83. The first-order chi connectivity index (χ1) is 12.2. The summed E-state index contributed by atoms with van der Waals surface area (Å²) >= 11 is 0. The van der Waals surface area contributed by atoms with Crippen LogP contribution in [0.1, 0.15) is 30.9 Å². The first-order valence-electron chi connectivity index (χ1n) is 8.40. The van der Waals surface area contributed by atoms with E-state index in [1.54, 1.807) is 29.2 Å². The highest BCUT2D eigenvalue weighted by Gasteiger charge is 2.30. The molecule has 0 aromatic heterocycles. The van der Waals surface area contributed by atoms with Gasteiger partial charge in [-0.1, -0.05) is 42.5 Å². The fourth-order valence-electron chi connectivity index (χ4n) is 3.00. The van der Waals surface area contributed by atoms with Crippen molar-refractivity contribution in [2.24, 2.45) is 0 Å². The molecule has 1 aliphatic heterocycles. The summed E-state index contributed by atoms with van der Waals surface area (Å²) in [5, 5.41) is 11.2. The molecule has 1 saturated heterocycles. The Hall–Kier alpha value is -2.89. The second-order valence-corrected chi connectivity index (χ2v) is 6.02. The number of rotatable bonds is 5. The molecule has 0 N–H and O–H groups in total. The lowest BCUT2D eigenvalue weighted by atomic mass is 10.1. The van der Waals surface area contributed by atoms with Gasteiger partial charge in [-0.3, -0.25) is 14.9 Å². The van der Waals surface area contributed by atoms with E-state index >= 15 is 0 Å². The summed E-state index contributed by atoms with van der Waals surface area (Å²) in [5.74, 6) is -0.0456. The van der Waals surface area contributed by atoms with Crippen molar-refractivity contribution in [1.29, 1.82) is 0 Å². The second-order valence-electron chi connectivity index (χ2n) is 6.02. The van der Waals surface area contributed by atoms with Crippen molar-refractivity contribution in [2.75, 3.05) is 13.1 Å². The van der Waals surface area contributed by atoms with Crippen LogP contribution in [0.5, 0.6) is 5.75 Å². The Labute approximate surface area is 146 Å². The SMILES string of the molecule is O=C(C(Oc1ccccc1[N+](=O)[O-])c1ccccc1)N1CCCCC1. The lowest BCUT2D eigenvalue weighted by Crippen LogP contribution is -2.40. The van der Waals surface area contributed by atoms with Gasteiger partial charge in [-0.05, 0) is 25.3 Å². The van der Waals surface area contributed by atoms with Crippen LogP contribution in [0, 0.1) is 10.1 Å². The minimum absolute atomic E-state index is 0.103. The van der Waals surface area contributed by atoms with Gasteiger partial charge in [0.25, 0.3) is 5.91 Å². The average molecular weight is 340 g/mol. The molecule has 0 bridgehead atoms. The number of nitro benzene ring substituents is 1. The summed E-state index contributed by atoms with van der Waals surface area (Å²) in [6.45, 7) is 1.39. The Bertz CT molecular complexity index is 742. The number of ether oxygens (including phenoxy) is 1. The van der Waals surface area contributed by atoms with E-state index in [4.69, 9.17) is 4.74 Å². The molecule has 1 heterocycles. The molecule has 3 rings (SSSR count). The maximum atomic E-state index is 13.0. The number of nitro groups is 1. The number of carbonyl (C=O) groups is 1. The summed E-state index contributed by atoms with van der Waals surface area (Å²) in [4.78, 5) is 25.5. The number of hydrogen-bond donors (Lipinski definition) is 0. The van der Waals surface area contributed by atoms with Crippen molar-refractivity contribution in [1.82, 2.24) is 4.90 Å². The third-order valence-electron chi connectivity index (χ3n) is 4.30. The number of amides is 1. The molecule has 6 heteroatoms. The summed E-state index contributed by atoms with van der Waals surface area (Å²) in [6.07, 6.45) is 2.17. The molecule has 1 unspecified atom stereocenters. The molecule has 130 valence electrons. The first-order valence-corrected chi connectivity index (χ1v) is 8.40. The molecule has 0 radical (unpaired) electrons. The smallest absolute Gasteiger partial charge is 0.310 e. The number of piperidine rings is 1. The number of para-hydroxylation sites is 2. The van der Waals surface area contributed by atoms with E-state index in [-0.39, 0.29) is 17.3 Å². The van der Waals surface area contributed by atoms with E-state index in [1.807, 2.05) is 18.2 Å². The van der Waals surface area contributed by atoms with Gasteiger partial charge in [0, 0.05) is 24.7 Å². The maximum Gasteiger partial charge on any atom is 0.310 e. The van der Waals surface area contributed by atoms with E-state index in [2.05, 4.69) is 0 Å². The number of nitrogens with zero attached hydrogens (tertiary/aromatic N) is 2. The summed E-state index contributed by atoms with van der Waals surface area (Å²) < 4.78 is 5.88. The molecular formula is C19H20N2O4. The Balaban J connectivity index is 1.92. The van der Waals surface area contributed by atoms with Gasteiger partial charge in [0.1, 0.15) is 0 Å². The predicted molar refractivity (Wildman–Crippen MR) is 93.3 cm³/mol. The molecule has 1 atom stereocenters. The molecule has 1 fully saturated rings. The number of benzene rings is 2. The molecule has 1 amide bonds. The number of hydrogen-bond acceptors (Lipinski definition) is 4. The van der Waals surface area contributed by atoms with Crippen LogP contribution in [0.4, 0.5) is 5.69 Å². The standard InChI is InChI=1S/C19H20N2O4/c22-19(20-13-7-2-8-14-20)18(15-9-3-1-4-10-15)25-17-12-6-5-11-16(17)21(23)24/h1,3-6,9-12,18H,2,7-8,13-14H2. The van der Waals surface area contributed by atoms with Gasteiger partial charge in [0.2, 0.25) is 6.10 Å². The highest BCUT2D eigenvalue weighted by Crippen LogP contribution is 2.32. The van der Waals surface area contributed by atoms with Crippen LogP contribution in [0.2, 0.25) is 0 Å². The molecule has 0 saturated carbocycles. The van der Waals surface area contributed by atoms with Crippen LogP contribution < -0.4 is 4.74 Å². The summed E-state index contributed by atoms with van der Waals surface area (Å²) in [5.41, 5.74) is 0.547. The first kappa shape index (κ1) is 17.0. The van der Waals surface area contributed by atoms with Crippen LogP contribution in [0.15, 0.2) is 54.6 Å². The highest BCUT2D eigenvalue weighted by atomic mass is 16.6. The molecular weight excluding hydrogens is 320 g/mol. The average Bonchev–Trinajstić information content (AvgIpc) is 2.67. The minimum atomic E-state index is -0.889. The van der Waals surface area contributed by atoms with Crippen molar-refractivity contribution in [3.63, 3.8) is 0 Å². The zero-order valence-corrected chi connectivity index (χ0v) is 13.8. The van der Waals surface area contributed by atoms with Gasteiger partial charge >= 0.3 is 5.69 Å². The normalized spacial score (nSPS) is 15.4. The topological polar surface area (TPSA) is 72.7 Å². The van der Waals surface area contributed by atoms with E-state index in [0.717, 1.165) is 19.3 Å². The van der Waals surface area contributed by atoms with Crippen molar-refractivity contribution < 1.29 is 14.5 Å². The third kappa shape index (κ3) is 3.96. The molecule has 1 aliphatic rings. The van der Waals surface area contributed by atoms with Crippen molar-refractivity contribution in [3.05, 3.63) is 70.3 Å². The van der Waals surface area contributed by atoms with Crippen molar-refractivity contribution >= 4 is 11.6 Å². The second kappa shape index (κ2) is 7.79. The van der Waals surface area contributed by atoms with Gasteiger partial charge in [0.15, 0.2) is 5.75 Å². The summed E-state index contributed by atoms with van der Waals surface area (Å²) in [6, 6.07) is 15.3. The molecule has 2 aromatic rings. The Morgan fingerprint density at radius 1 is 1.00 bits per heavy atom. The van der Waals surface area contributed by atoms with Gasteiger partial charge in [-0.25, -0.2) is 0 Å². The molecule has 6 nitrogen and oxygen atoms in total. The van der Waals surface area contributed by atoms with E-state index in [1.165, 1.54) is 12.1 Å². The van der Waals surface area contributed by atoms with Gasteiger partial charge in [-0.2, -0.15) is 0 Å². The zero-order chi connectivity index (χ0) is 17.6. The lowest BCUT2D eigenvalue weighted by Gasteiger charge is -2.30. The fourth-order valence-corrected chi connectivity index (χ4v) is 3.00.